The van der Waals surface area contributed by atoms with E-state index in [2.05, 4.69) is 20.8 Å². The minimum absolute atomic E-state index is 0.468. The van der Waals surface area contributed by atoms with Gasteiger partial charge in [0.05, 0.1) is 0 Å². The zero-order valence-electron chi connectivity index (χ0n) is 16.8. The van der Waals surface area contributed by atoms with Gasteiger partial charge < -0.3 is 5.73 Å². The van der Waals surface area contributed by atoms with Crippen LogP contribution in [0.2, 0.25) is 0 Å². The summed E-state index contributed by atoms with van der Waals surface area (Å²) in [5.74, 6) is 0.940. The van der Waals surface area contributed by atoms with Crippen LogP contribution in [0, 0.1) is 5.92 Å². The number of unbranched alkanes of at least 4 members (excludes halogenated alkanes) is 10. The van der Waals surface area contributed by atoms with Crippen molar-refractivity contribution in [3.05, 3.63) is 0 Å². The predicted octanol–water partition coefficient (Wildman–Crippen LogP) is 7.62. The van der Waals surface area contributed by atoms with E-state index in [1.165, 1.54) is 109 Å². The first-order chi connectivity index (χ1) is 11.2. The molecule has 0 saturated heterocycles. The van der Waals surface area contributed by atoms with Gasteiger partial charge in [0.2, 0.25) is 0 Å². The van der Waals surface area contributed by atoms with Gasteiger partial charge in [-0.3, -0.25) is 0 Å². The summed E-state index contributed by atoms with van der Waals surface area (Å²) >= 11 is 0. The predicted molar refractivity (Wildman–Crippen MR) is 107 cm³/mol. The zero-order valence-corrected chi connectivity index (χ0v) is 16.8. The van der Waals surface area contributed by atoms with Gasteiger partial charge >= 0.3 is 0 Å². The summed E-state index contributed by atoms with van der Waals surface area (Å²) in [6.07, 6.45) is 23.5. The Morgan fingerprint density at radius 1 is 0.522 bits per heavy atom. The molecule has 23 heavy (non-hydrogen) atoms. The summed E-state index contributed by atoms with van der Waals surface area (Å²) in [5, 5.41) is 0. The van der Waals surface area contributed by atoms with Gasteiger partial charge in [-0.25, -0.2) is 0 Å². The average Bonchev–Trinajstić information content (AvgIpc) is 2.53. The molecule has 0 aromatic rings. The highest BCUT2D eigenvalue weighted by molar-refractivity contribution is 4.62. The maximum atomic E-state index is 6.25. The number of rotatable bonds is 18. The van der Waals surface area contributed by atoms with E-state index < -0.39 is 0 Å². The molecule has 0 aliphatic rings. The van der Waals surface area contributed by atoms with Crippen molar-refractivity contribution in [2.24, 2.45) is 11.7 Å². The molecule has 0 aromatic carbocycles. The van der Waals surface area contributed by atoms with Crippen molar-refractivity contribution in [1.29, 1.82) is 0 Å². The normalized spacial score (nSPS) is 14.1. The standard InChI is InChI=1S/C22H47N/c1-4-6-7-8-9-12-15-19-22(23)20-16-13-10-11-14-18-21(3)17-5-2/h21-22H,4-20,23H2,1-3H3. The van der Waals surface area contributed by atoms with Crippen LogP contribution in [0.15, 0.2) is 0 Å². The van der Waals surface area contributed by atoms with Gasteiger partial charge in [0.1, 0.15) is 0 Å². The Labute approximate surface area is 148 Å². The van der Waals surface area contributed by atoms with E-state index in [4.69, 9.17) is 5.73 Å². The van der Waals surface area contributed by atoms with Crippen LogP contribution < -0.4 is 5.73 Å². The summed E-state index contributed by atoms with van der Waals surface area (Å²) in [6, 6.07) is 0.468. The Balaban J connectivity index is 3.19. The van der Waals surface area contributed by atoms with Crippen molar-refractivity contribution in [3.63, 3.8) is 0 Å². The van der Waals surface area contributed by atoms with E-state index in [0.29, 0.717) is 6.04 Å². The third kappa shape index (κ3) is 18.1. The molecule has 0 bridgehead atoms. The Hall–Kier alpha value is -0.0400. The second-order valence-corrected chi connectivity index (χ2v) is 7.91. The maximum Gasteiger partial charge on any atom is 0.00388 e. The highest BCUT2D eigenvalue weighted by Gasteiger charge is 2.03. The zero-order chi connectivity index (χ0) is 17.2. The van der Waals surface area contributed by atoms with Gasteiger partial charge in [0.25, 0.3) is 0 Å². The molecule has 2 atom stereocenters. The molecular formula is C22H47N. The summed E-state index contributed by atoms with van der Waals surface area (Å²) in [5.41, 5.74) is 6.25. The van der Waals surface area contributed by atoms with Gasteiger partial charge in [-0.1, -0.05) is 117 Å². The van der Waals surface area contributed by atoms with Gasteiger partial charge in [0.15, 0.2) is 0 Å². The van der Waals surface area contributed by atoms with Crippen molar-refractivity contribution in [3.8, 4) is 0 Å². The van der Waals surface area contributed by atoms with Crippen molar-refractivity contribution in [2.75, 3.05) is 0 Å². The molecule has 0 amide bonds. The molecule has 0 saturated carbocycles. The average molecular weight is 326 g/mol. The van der Waals surface area contributed by atoms with Gasteiger partial charge in [0, 0.05) is 6.04 Å². The fourth-order valence-corrected chi connectivity index (χ4v) is 3.57. The highest BCUT2D eigenvalue weighted by Crippen LogP contribution is 2.16. The van der Waals surface area contributed by atoms with Crippen LogP contribution in [-0.2, 0) is 0 Å². The molecule has 0 aromatic heterocycles. The Morgan fingerprint density at radius 3 is 1.43 bits per heavy atom. The quantitative estimate of drug-likeness (QED) is 0.258. The molecule has 0 aliphatic carbocycles. The number of nitrogens with two attached hydrogens (primary N) is 1. The molecule has 2 unspecified atom stereocenters. The van der Waals surface area contributed by atoms with E-state index in [0.717, 1.165) is 5.92 Å². The molecular weight excluding hydrogens is 278 g/mol. The van der Waals surface area contributed by atoms with Crippen LogP contribution in [-0.4, -0.2) is 6.04 Å². The lowest BCUT2D eigenvalue weighted by Gasteiger charge is -2.12. The SMILES string of the molecule is CCCCCCCCCC(N)CCCCCCCC(C)CCC. The molecule has 1 nitrogen and oxygen atoms in total. The molecule has 0 radical (unpaired) electrons. The van der Waals surface area contributed by atoms with Crippen LogP contribution in [0.1, 0.15) is 130 Å². The smallest absolute Gasteiger partial charge is 0.00388 e. The largest absolute Gasteiger partial charge is 0.328 e. The molecule has 2 N–H and O–H groups in total. The van der Waals surface area contributed by atoms with Gasteiger partial charge in [-0.15, -0.1) is 0 Å². The van der Waals surface area contributed by atoms with Crippen LogP contribution in [0.5, 0.6) is 0 Å². The molecule has 0 rings (SSSR count). The lowest BCUT2D eigenvalue weighted by atomic mass is 9.97. The Kier molecular flexibility index (Phi) is 18.3. The maximum absolute atomic E-state index is 6.25. The Morgan fingerprint density at radius 2 is 0.957 bits per heavy atom. The van der Waals surface area contributed by atoms with E-state index in [1.54, 1.807) is 0 Å². The summed E-state index contributed by atoms with van der Waals surface area (Å²) in [4.78, 5) is 0. The van der Waals surface area contributed by atoms with Crippen LogP contribution in [0.3, 0.4) is 0 Å². The highest BCUT2D eigenvalue weighted by atomic mass is 14.6. The van der Waals surface area contributed by atoms with Crippen LogP contribution in [0.25, 0.3) is 0 Å². The fourth-order valence-electron chi connectivity index (χ4n) is 3.57. The van der Waals surface area contributed by atoms with E-state index in [9.17, 15) is 0 Å². The third-order valence-corrected chi connectivity index (χ3v) is 5.23. The second kappa shape index (κ2) is 18.3. The topological polar surface area (TPSA) is 26.0 Å². The van der Waals surface area contributed by atoms with Crippen molar-refractivity contribution < 1.29 is 0 Å². The van der Waals surface area contributed by atoms with Crippen LogP contribution >= 0.6 is 0 Å². The second-order valence-electron chi connectivity index (χ2n) is 7.91. The molecule has 0 heterocycles. The van der Waals surface area contributed by atoms with E-state index in [1.807, 2.05) is 0 Å². The molecule has 1 heteroatoms. The van der Waals surface area contributed by atoms with Gasteiger partial charge in [-0.05, 0) is 18.8 Å². The van der Waals surface area contributed by atoms with E-state index >= 15 is 0 Å². The third-order valence-electron chi connectivity index (χ3n) is 5.23. The van der Waals surface area contributed by atoms with Crippen molar-refractivity contribution >= 4 is 0 Å². The molecule has 0 aliphatic heterocycles. The summed E-state index contributed by atoms with van der Waals surface area (Å²) in [6.45, 7) is 6.99. The monoisotopic (exact) mass is 325 g/mol. The minimum atomic E-state index is 0.468. The van der Waals surface area contributed by atoms with Crippen LogP contribution in [0.4, 0.5) is 0 Å². The first-order valence-corrected chi connectivity index (χ1v) is 11.0. The number of hydrogen-bond donors (Lipinski definition) is 1. The number of hydrogen-bond acceptors (Lipinski definition) is 1. The fraction of sp³-hybridized carbons (Fsp3) is 1.00. The molecule has 0 fully saturated rings. The lowest BCUT2D eigenvalue weighted by molar-refractivity contribution is 0.445. The summed E-state index contributed by atoms with van der Waals surface area (Å²) < 4.78 is 0. The Bertz CT molecular complexity index is 214. The van der Waals surface area contributed by atoms with E-state index in [-0.39, 0.29) is 0 Å². The molecule has 140 valence electrons. The van der Waals surface area contributed by atoms with Gasteiger partial charge in [-0.2, -0.15) is 0 Å². The van der Waals surface area contributed by atoms with Crippen molar-refractivity contribution in [1.82, 2.24) is 0 Å². The first-order valence-electron chi connectivity index (χ1n) is 11.0. The van der Waals surface area contributed by atoms with Crippen molar-refractivity contribution in [2.45, 2.75) is 136 Å². The lowest BCUT2D eigenvalue weighted by Crippen LogP contribution is -2.19. The first kappa shape index (κ1) is 23.0. The molecule has 0 spiro atoms. The minimum Gasteiger partial charge on any atom is -0.328 e. The summed E-state index contributed by atoms with van der Waals surface area (Å²) in [7, 11) is 0.